The number of hydrogen-bond donors (Lipinski definition) is 0. The van der Waals surface area contributed by atoms with E-state index in [4.69, 9.17) is 0 Å². The number of nitrogens with zero attached hydrogens (tertiary/aromatic N) is 1. The van der Waals surface area contributed by atoms with Crippen molar-refractivity contribution in [3.05, 3.63) is 77.6 Å². The van der Waals surface area contributed by atoms with Crippen molar-refractivity contribution in [3.63, 3.8) is 0 Å². The van der Waals surface area contributed by atoms with Gasteiger partial charge in [-0.1, -0.05) is 42.0 Å². The van der Waals surface area contributed by atoms with Gasteiger partial charge < -0.3 is 0 Å². The summed E-state index contributed by atoms with van der Waals surface area (Å²) in [6.07, 6.45) is 10.1. The van der Waals surface area contributed by atoms with Crippen molar-refractivity contribution >= 4 is 5.78 Å². The zero-order valence-corrected chi connectivity index (χ0v) is 11.8. The molecule has 0 fully saturated rings. The Hall–Kier alpha value is -2.22. The van der Waals surface area contributed by atoms with E-state index in [1.807, 2.05) is 49.4 Å². The summed E-state index contributed by atoms with van der Waals surface area (Å²) >= 11 is 0. The average Bonchev–Trinajstić information content (AvgIpc) is 2.48. The highest BCUT2D eigenvalue weighted by Gasteiger charge is 2.02. The van der Waals surface area contributed by atoms with Crippen molar-refractivity contribution in [2.75, 3.05) is 0 Å². The molecule has 0 N–H and O–H groups in total. The molecule has 0 amide bonds. The van der Waals surface area contributed by atoms with Gasteiger partial charge in [0.2, 0.25) is 0 Å². The molecule has 2 heteroatoms. The number of pyridine rings is 1. The maximum atomic E-state index is 11.9. The first-order valence-corrected chi connectivity index (χ1v) is 6.89. The van der Waals surface area contributed by atoms with Crippen LogP contribution < -0.4 is 0 Å². The number of aryl methyl sites for hydroxylation is 2. The van der Waals surface area contributed by atoms with Crippen molar-refractivity contribution in [1.29, 1.82) is 0 Å². The number of hydrogen-bond acceptors (Lipinski definition) is 2. The van der Waals surface area contributed by atoms with E-state index < -0.39 is 0 Å². The van der Waals surface area contributed by atoms with Crippen LogP contribution in [0.2, 0.25) is 0 Å². The molecule has 1 aromatic carbocycles. The highest BCUT2D eigenvalue weighted by molar-refractivity contribution is 5.96. The quantitative estimate of drug-likeness (QED) is 0.580. The van der Waals surface area contributed by atoms with Crippen LogP contribution in [0.1, 0.15) is 34.3 Å². The number of rotatable bonds is 6. The summed E-state index contributed by atoms with van der Waals surface area (Å²) in [6, 6.07) is 11.8. The molecule has 0 bridgehead atoms. The van der Waals surface area contributed by atoms with Crippen LogP contribution in [0, 0.1) is 6.92 Å². The normalized spacial score (nSPS) is 10.8. The molecule has 0 aliphatic carbocycles. The predicted octanol–water partition coefficient (Wildman–Crippen LogP) is 4.15. The molecule has 0 saturated carbocycles. The third-order valence-electron chi connectivity index (χ3n) is 3.19. The number of allylic oxidation sites excluding steroid dienone is 2. The van der Waals surface area contributed by atoms with Crippen molar-refractivity contribution in [2.24, 2.45) is 0 Å². The predicted molar refractivity (Wildman–Crippen MR) is 81.8 cm³/mol. The first-order chi connectivity index (χ1) is 9.75. The fraction of sp³-hybridized carbons (Fsp3) is 0.222. The minimum absolute atomic E-state index is 0.171. The Kier molecular flexibility index (Phi) is 5.24. The standard InChI is InChI=1S/C18H19NO/c1-15-7-9-17(10-8-15)18(20)6-4-2-3-5-16-11-13-19-14-12-16/h2,4,7-14H,3,5-6H2,1H3/b4-2+. The number of aromatic nitrogens is 1. The number of benzene rings is 1. The molecule has 0 spiro atoms. The fourth-order valence-corrected chi connectivity index (χ4v) is 1.96. The van der Waals surface area contributed by atoms with Crippen LogP contribution in [-0.2, 0) is 6.42 Å². The molecule has 20 heavy (non-hydrogen) atoms. The number of ketones is 1. The highest BCUT2D eigenvalue weighted by atomic mass is 16.1. The highest BCUT2D eigenvalue weighted by Crippen LogP contribution is 2.07. The molecular weight excluding hydrogens is 246 g/mol. The molecule has 1 aromatic heterocycles. The first-order valence-electron chi connectivity index (χ1n) is 6.89. The molecular formula is C18H19NO. The van der Waals surface area contributed by atoms with Crippen LogP contribution in [0.25, 0.3) is 0 Å². The Balaban J connectivity index is 1.76. The van der Waals surface area contributed by atoms with Crippen LogP contribution in [0.15, 0.2) is 60.9 Å². The maximum absolute atomic E-state index is 11.9. The van der Waals surface area contributed by atoms with Crippen molar-refractivity contribution in [1.82, 2.24) is 4.98 Å². The molecule has 102 valence electrons. The van der Waals surface area contributed by atoms with Gasteiger partial charge in [0.25, 0.3) is 0 Å². The van der Waals surface area contributed by atoms with E-state index in [1.165, 1.54) is 11.1 Å². The maximum Gasteiger partial charge on any atom is 0.166 e. The number of Topliss-reactive ketones (excluding diaryl/α,β-unsaturated/α-hetero) is 1. The molecule has 0 saturated heterocycles. The Morgan fingerprint density at radius 2 is 1.75 bits per heavy atom. The molecule has 0 atom stereocenters. The lowest BCUT2D eigenvalue weighted by atomic mass is 10.1. The minimum atomic E-state index is 0.171. The first kappa shape index (κ1) is 14.2. The number of carbonyl (C=O) groups excluding carboxylic acids is 1. The summed E-state index contributed by atoms with van der Waals surface area (Å²) in [7, 11) is 0. The SMILES string of the molecule is Cc1ccc(C(=O)C/C=C/CCc2ccncc2)cc1. The molecule has 0 aliphatic heterocycles. The van der Waals surface area contributed by atoms with Crippen molar-refractivity contribution in [3.8, 4) is 0 Å². The lowest BCUT2D eigenvalue weighted by Crippen LogP contribution is -1.96. The fourth-order valence-electron chi connectivity index (χ4n) is 1.96. The molecule has 0 unspecified atom stereocenters. The summed E-state index contributed by atoms with van der Waals surface area (Å²) in [4.78, 5) is 15.9. The van der Waals surface area contributed by atoms with E-state index in [9.17, 15) is 4.79 Å². The summed E-state index contributed by atoms with van der Waals surface area (Å²) in [5.41, 5.74) is 3.23. The Morgan fingerprint density at radius 3 is 2.45 bits per heavy atom. The molecule has 1 heterocycles. The largest absolute Gasteiger partial charge is 0.294 e. The third-order valence-corrected chi connectivity index (χ3v) is 3.19. The molecule has 2 aromatic rings. The Morgan fingerprint density at radius 1 is 1.05 bits per heavy atom. The molecule has 2 nitrogen and oxygen atoms in total. The summed E-state index contributed by atoms with van der Waals surface area (Å²) in [5, 5.41) is 0. The second kappa shape index (κ2) is 7.39. The van der Waals surface area contributed by atoms with E-state index in [-0.39, 0.29) is 5.78 Å². The van der Waals surface area contributed by atoms with Gasteiger partial charge in [-0.05, 0) is 37.5 Å². The molecule has 2 rings (SSSR count). The topological polar surface area (TPSA) is 30.0 Å². The Labute approximate surface area is 120 Å². The van der Waals surface area contributed by atoms with E-state index in [0.29, 0.717) is 6.42 Å². The smallest absolute Gasteiger partial charge is 0.166 e. The van der Waals surface area contributed by atoms with Gasteiger partial charge in [0.15, 0.2) is 5.78 Å². The van der Waals surface area contributed by atoms with Crippen LogP contribution >= 0.6 is 0 Å². The van der Waals surface area contributed by atoms with E-state index in [0.717, 1.165) is 18.4 Å². The zero-order valence-electron chi connectivity index (χ0n) is 11.8. The average molecular weight is 265 g/mol. The van der Waals surface area contributed by atoms with Gasteiger partial charge in [-0.25, -0.2) is 0 Å². The van der Waals surface area contributed by atoms with Gasteiger partial charge in [0.1, 0.15) is 0 Å². The number of carbonyl (C=O) groups is 1. The monoisotopic (exact) mass is 265 g/mol. The summed E-state index contributed by atoms with van der Waals surface area (Å²) in [6.45, 7) is 2.02. The zero-order chi connectivity index (χ0) is 14.2. The van der Waals surface area contributed by atoms with Crippen LogP contribution in [0.3, 0.4) is 0 Å². The van der Waals surface area contributed by atoms with Crippen molar-refractivity contribution < 1.29 is 4.79 Å². The molecule has 0 aliphatic rings. The van der Waals surface area contributed by atoms with Gasteiger partial charge in [0, 0.05) is 24.4 Å². The van der Waals surface area contributed by atoms with E-state index in [1.54, 1.807) is 12.4 Å². The van der Waals surface area contributed by atoms with E-state index >= 15 is 0 Å². The summed E-state index contributed by atoms with van der Waals surface area (Å²) < 4.78 is 0. The van der Waals surface area contributed by atoms with Crippen LogP contribution in [0.5, 0.6) is 0 Å². The van der Waals surface area contributed by atoms with Gasteiger partial charge >= 0.3 is 0 Å². The van der Waals surface area contributed by atoms with Crippen molar-refractivity contribution in [2.45, 2.75) is 26.2 Å². The van der Waals surface area contributed by atoms with Gasteiger partial charge in [-0.3, -0.25) is 9.78 Å². The lowest BCUT2D eigenvalue weighted by molar-refractivity contribution is 0.0996. The minimum Gasteiger partial charge on any atom is -0.294 e. The van der Waals surface area contributed by atoms with Crippen LogP contribution in [0.4, 0.5) is 0 Å². The van der Waals surface area contributed by atoms with Gasteiger partial charge in [0.05, 0.1) is 0 Å². The Bertz CT molecular complexity index is 570. The van der Waals surface area contributed by atoms with E-state index in [2.05, 4.69) is 11.1 Å². The van der Waals surface area contributed by atoms with Gasteiger partial charge in [-0.15, -0.1) is 0 Å². The molecule has 0 radical (unpaired) electrons. The second-order valence-corrected chi connectivity index (χ2v) is 4.86. The third kappa shape index (κ3) is 4.47. The van der Waals surface area contributed by atoms with Crippen LogP contribution in [-0.4, -0.2) is 10.8 Å². The summed E-state index contributed by atoms with van der Waals surface area (Å²) in [5.74, 6) is 0.171. The lowest BCUT2D eigenvalue weighted by Gasteiger charge is -1.99. The second-order valence-electron chi connectivity index (χ2n) is 4.86. The van der Waals surface area contributed by atoms with Gasteiger partial charge in [-0.2, -0.15) is 0 Å².